The largest absolute Gasteiger partial charge is 0.339 e. The van der Waals surface area contributed by atoms with Gasteiger partial charge in [0.15, 0.2) is 0 Å². The molecule has 0 aromatic heterocycles. The molecule has 1 aromatic rings. The van der Waals surface area contributed by atoms with Crippen LogP contribution in [0, 0.1) is 0 Å². The van der Waals surface area contributed by atoms with Crippen molar-refractivity contribution in [3.05, 3.63) is 34.9 Å². The van der Waals surface area contributed by atoms with Crippen molar-refractivity contribution in [1.82, 2.24) is 15.1 Å². The van der Waals surface area contributed by atoms with E-state index in [4.69, 9.17) is 5.73 Å². The monoisotopic (exact) mass is 288 g/mol. The van der Waals surface area contributed by atoms with Gasteiger partial charge in [0.05, 0.1) is 0 Å². The van der Waals surface area contributed by atoms with Gasteiger partial charge in [0.25, 0.3) is 5.91 Å². The normalized spacial score (nSPS) is 19.4. The Kier molecular flexibility index (Phi) is 4.53. The average Bonchev–Trinajstić information content (AvgIpc) is 2.46. The quantitative estimate of drug-likeness (QED) is 0.842. The van der Waals surface area contributed by atoms with Gasteiger partial charge in [-0.05, 0) is 23.6 Å². The van der Waals surface area contributed by atoms with Crippen LogP contribution in [-0.2, 0) is 13.1 Å². The molecule has 3 N–H and O–H groups in total. The fourth-order valence-electron chi connectivity index (χ4n) is 3.02. The lowest BCUT2D eigenvalue weighted by molar-refractivity contribution is 0.0650. The third-order valence-corrected chi connectivity index (χ3v) is 4.45. The number of hydrogen-bond acceptors (Lipinski definition) is 4. The van der Waals surface area contributed by atoms with Gasteiger partial charge in [0.2, 0.25) is 0 Å². The van der Waals surface area contributed by atoms with Crippen molar-refractivity contribution in [3.63, 3.8) is 0 Å². The lowest BCUT2D eigenvalue weighted by Crippen LogP contribution is -2.43. The minimum atomic E-state index is 0.142. The summed E-state index contributed by atoms with van der Waals surface area (Å²) < 4.78 is 0. The number of nitrogens with two attached hydrogens (primary N) is 1. The molecule has 1 aromatic carbocycles. The Labute approximate surface area is 126 Å². The van der Waals surface area contributed by atoms with Crippen LogP contribution in [0.3, 0.4) is 0 Å². The van der Waals surface area contributed by atoms with Crippen LogP contribution in [0.4, 0.5) is 0 Å². The maximum Gasteiger partial charge on any atom is 0.254 e. The van der Waals surface area contributed by atoms with Crippen LogP contribution in [0.1, 0.15) is 27.9 Å². The minimum absolute atomic E-state index is 0.142. The zero-order valence-corrected chi connectivity index (χ0v) is 12.5. The van der Waals surface area contributed by atoms with E-state index in [-0.39, 0.29) is 5.91 Å². The average molecular weight is 288 g/mol. The van der Waals surface area contributed by atoms with Gasteiger partial charge in [0.1, 0.15) is 0 Å². The SMILES string of the molecule is NCc1c(CN2CCNCC2)cccc1C(=O)N1CCC1. The molecule has 2 aliphatic rings. The van der Waals surface area contributed by atoms with E-state index in [9.17, 15) is 4.79 Å². The van der Waals surface area contributed by atoms with Gasteiger partial charge in [0, 0.05) is 57.9 Å². The highest BCUT2D eigenvalue weighted by atomic mass is 16.2. The van der Waals surface area contributed by atoms with Crippen molar-refractivity contribution in [1.29, 1.82) is 0 Å². The Morgan fingerprint density at radius 2 is 1.95 bits per heavy atom. The van der Waals surface area contributed by atoms with Gasteiger partial charge in [-0.3, -0.25) is 9.69 Å². The lowest BCUT2D eigenvalue weighted by Gasteiger charge is -2.32. The Morgan fingerprint density at radius 1 is 1.19 bits per heavy atom. The van der Waals surface area contributed by atoms with Gasteiger partial charge in [-0.25, -0.2) is 0 Å². The first-order valence-electron chi connectivity index (χ1n) is 7.83. The van der Waals surface area contributed by atoms with Crippen LogP contribution >= 0.6 is 0 Å². The molecule has 0 spiro atoms. The molecule has 2 fully saturated rings. The van der Waals surface area contributed by atoms with Crippen molar-refractivity contribution < 1.29 is 4.79 Å². The highest BCUT2D eigenvalue weighted by molar-refractivity contribution is 5.96. The molecule has 5 heteroatoms. The number of likely N-dealkylation sites (tertiary alicyclic amines) is 1. The van der Waals surface area contributed by atoms with Crippen LogP contribution in [-0.4, -0.2) is 55.0 Å². The lowest BCUT2D eigenvalue weighted by atomic mass is 9.98. The van der Waals surface area contributed by atoms with Crippen LogP contribution < -0.4 is 11.1 Å². The third kappa shape index (κ3) is 3.10. The van der Waals surface area contributed by atoms with Crippen molar-refractivity contribution in [3.8, 4) is 0 Å². The molecule has 0 aliphatic carbocycles. The molecule has 2 heterocycles. The number of nitrogens with one attached hydrogen (secondary N) is 1. The van der Waals surface area contributed by atoms with Gasteiger partial charge in [-0.1, -0.05) is 12.1 Å². The Bertz CT molecular complexity index is 507. The summed E-state index contributed by atoms with van der Waals surface area (Å²) in [5, 5.41) is 3.36. The van der Waals surface area contributed by atoms with Gasteiger partial charge in [-0.15, -0.1) is 0 Å². The number of carbonyl (C=O) groups excluding carboxylic acids is 1. The molecule has 114 valence electrons. The standard InChI is InChI=1S/C16H24N4O/c17-11-15-13(12-19-9-5-18-6-10-19)3-1-4-14(15)16(21)20-7-2-8-20/h1,3-4,18H,2,5-12,17H2. The van der Waals surface area contributed by atoms with Crippen LogP contribution in [0.2, 0.25) is 0 Å². The van der Waals surface area contributed by atoms with E-state index in [2.05, 4.69) is 16.3 Å². The molecule has 0 saturated carbocycles. The predicted molar refractivity (Wildman–Crippen MR) is 83.0 cm³/mol. The second kappa shape index (κ2) is 6.56. The first kappa shape index (κ1) is 14.5. The first-order chi connectivity index (χ1) is 10.3. The molecule has 2 aliphatic heterocycles. The van der Waals surface area contributed by atoms with E-state index in [1.165, 1.54) is 5.56 Å². The fourth-order valence-corrected chi connectivity index (χ4v) is 3.02. The summed E-state index contributed by atoms with van der Waals surface area (Å²) in [5.41, 5.74) is 8.97. The van der Waals surface area contributed by atoms with Gasteiger partial charge in [-0.2, -0.15) is 0 Å². The molecule has 3 rings (SSSR count). The number of carbonyl (C=O) groups is 1. The van der Waals surface area contributed by atoms with E-state index in [0.29, 0.717) is 6.54 Å². The van der Waals surface area contributed by atoms with Crippen molar-refractivity contribution in [2.24, 2.45) is 5.73 Å². The molecule has 0 unspecified atom stereocenters. The summed E-state index contributed by atoms with van der Waals surface area (Å²) in [6.07, 6.45) is 1.12. The number of rotatable bonds is 4. The molecule has 0 bridgehead atoms. The summed E-state index contributed by atoms with van der Waals surface area (Å²) in [4.78, 5) is 16.8. The van der Waals surface area contributed by atoms with E-state index < -0.39 is 0 Å². The van der Waals surface area contributed by atoms with E-state index in [1.54, 1.807) is 0 Å². The summed E-state index contributed by atoms with van der Waals surface area (Å²) in [7, 11) is 0. The molecular weight excluding hydrogens is 264 g/mol. The Morgan fingerprint density at radius 3 is 2.57 bits per heavy atom. The van der Waals surface area contributed by atoms with Crippen LogP contribution in [0.25, 0.3) is 0 Å². The smallest absolute Gasteiger partial charge is 0.254 e. The summed E-state index contributed by atoms with van der Waals surface area (Å²) in [6, 6.07) is 6.02. The topological polar surface area (TPSA) is 61.6 Å². The van der Waals surface area contributed by atoms with E-state index in [0.717, 1.165) is 63.4 Å². The highest BCUT2D eigenvalue weighted by Gasteiger charge is 2.24. The molecule has 0 radical (unpaired) electrons. The molecule has 2 saturated heterocycles. The Hall–Kier alpha value is -1.43. The Balaban J connectivity index is 1.80. The molecule has 21 heavy (non-hydrogen) atoms. The first-order valence-corrected chi connectivity index (χ1v) is 7.83. The van der Waals surface area contributed by atoms with E-state index in [1.807, 2.05) is 17.0 Å². The number of amides is 1. The molecule has 5 nitrogen and oxygen atoms in total. The number of piperazine rings is 1. The minimum Gasteiger partial charge on any atom is -0.339 e. The molecule has 1 amide bonds. The van der Waals surface area contributed by atoms with Crippen LogP contribution in [0.5, 0.6) is 0 Å². The number of hydrogen-bond donors (Lipinski definition) is 2. The summed E-state index contributed by atoms with van der Waals surface area (Å²) >= 11 is 0. The third-order valence-electron chi connectivity index (χ3n) is 4.45. The maximum atomic E-state index is 12.5. The number of benzene rings is 1. The predicted octanol–water partition coefficient (Wildman–Crippen LogP) is 0.396. The van der Waals surface area contributed by atoms with Gasteiger partial charge >= 0.3 is 0 Å². The zero-order valence-electron chi connectivity index (χ0n) is 12.5. The maximum absolute atomic E-state index is 12.5. The second-order valence-electron chi connectivity index (χ2n) is 5.82. The van der Waals surface area contributed by atoms with Crippen molar-refractivity contribution >= 4 is 5.91 Å². The second-order valence-corrected chi connectivity index (χ2v) is 5.82. The highest BCUT2D eigenvalue weighted by Crippen LogP contribution is 2.21. The summed E-state index contributed by atoms with van der Waals surface area (Å²) in [5.74, 6) is 0.142. The van der Waals surface area contributed by atoms with E-state index >= 15 is 0 Å². The number of nitrogens with zero attached hydrogens (tertiary/aromatic N) is 2. The molecular formula is C16H24N4O. The zero-order chi connectivity index (χ0) is 14.7. The van der Waals surface area contributed by atoms with Crippen molar-refractivity contribution in [2.45, 2.75) is 19.5 Å². The fraction of sp³-hybridized carbons (Fsp3) is 0.562. The summed E-state index contributed by atoms with van der Waals surface area (Å²) in [6.45, 7) is 7.24. The van der Waals surface area contributed by atoms with Crippen LogP contribution in [0.15, 0.2) is 18.2 Å². The van der Waals surface area contributed by atoms with Crippen molar-refractivity contribution in [2.75, 3.05) is 39.3 Å². The molecule has 0 atom stereocenters. The van der Waals surface area contributed by atoms with Gasteiger partial charge < -0.3 is 16.0 Å².